The molecule has 0 unspecified atom stereocenters. The molecule has 0 aliphatic carbocycles. The van der Waals surface area contributed by atoms with E-state index in [1.807, 2.05) is 51.1 Å². The summed E-state index contributed by atoms with van der Waals surface area (Å²) in [6.45, 7) is 7.93. The molecule has 33 heavy (non-hydrogen) atoms. The number of amides is 1. The summed E-state index contributed by atoms with van der Waals surface area (Å²) in [6.07, 6.45) is 4.73. The summed E-state index contributed by atoms with van der Waals surface area (Å²) in [5.41, 5.74) is 2.48. The van der Waals surface area contributed by atoms with E-state index < -0.39 is 5.60 Å². The number of hydrogen-bond donors (Lipinski definition) is 0. The molecule has 1 aliphatic rings. The Morgan fingerprint density at radius 3 is 2.30 bits per heavy atom. The molecule has 0 N–H and O–H groups in total. The van der Waals surface area contributed by atoms with Crippen LogP contribution in [0.1, 0.15) is 20.8 Å². The van der Waals surface area contributed by atoms with Gasteiger partial charge in [0.2, 0.25) is 0 Å². The van der Waals surface area contributed by atoms with Gasteiger partial charge in [-0.3, -0.25) is 9.97 Å². The quantitative estimate of drug-likeness (QED) is 0.482. The topological polar surface area (TPSA) is 71.5 Å². The molecule has 0 atom stereocenters. The van der Waals surface area contributed by atoms with Crippen LogP contribution in [-0.2, 0) is 4.74 Å². The van der Waals surface area contributed by atoms with Gasteiger partial charge >= 0.3 is 6.09 Å². The van der Waals surface area contributed by atoms with Gasteiger partial charge < -0.3 is 14.5 Å². The van der Waals surface area contributed by atoms with Crippen molar-refractivity contribution in [3.05, 3.63) is 59.0 Å². The number of ether oxygens (including phenoxy) is 1. The first-order chi connectivity index (χ1) is 15.7. The molecule has 1 amide bonds. The van der Waals surface area contributed by atoms with E-state index in [1.54, 1.807) is 23.5 Å². The van der Waals surface area contributed by atoms with Crippen LogP contribution in [0.3, 0.4) is 0 Å². The maximum atomic E-state index is 12.4. The summed E-state index contributed by atoms with van der Waals surface area (Å²) in [5.74, 6) is 0.722. The Labute approximate surface area is 203 Å². The van der Waals surface area contributed by atoms with E-state index in [0.717, 1.165) is 16.9 Å². The summed E-state index contributed by atoms with van der Waals surface area (Å²) in [4.78, 5) is 30.0. The molecule has 1 saturated heterocycles. The highest BCUT2D eigenvalue weighted by Crippen LogP contribution is 2.34. The third-order valence-electron chi connectivity index (χ3n) is 5.16. The molecule has 0 saturated carbocycles. The number of rotatable bonds is 3. The number of anilines is 1. The summed E-state index contributed by atoms with van der Waals surface area (Å²) in [7, 11) is 0. The van der Waals surface area contributed by atoms with Gasteiger partial charge in [0.1, 0.15) is 17.1 Å². The van der Waals surface area contributed by atoms with Crippen molar-refractivity contribution in [3.8, 4) is 22.5 Å². The Balaban J connectivity index is 1.62. The summed E-state index contributed by atoms with van der Waals surface area (Å²) in [6, 6.07) is 9.28. The average Bonchev–Trinajstić information content (AvgIpc) is 2.79. The minimum absolute atomic E-state index is 0.296. The van der Waals surface area contributed by atoms with Gasteiger partial charge in [-0.15, -0.1) is 0 Å². The minimum atomic E-state index is -0.518. The molecule has 0 bridgehead atoms. The van der Waals surface area contributed by atoms with Crippen LogP contribution in [0, 0.1) is 0 Å². The maximum Gasteiger partial charge on any atom is 0.410 e. The van der Waals surface area contributed by atoms with Gasteiger partial charge in [0.25, 0.3) is 0 Å². The van der Waals surface area contributed by atoms with Crippen molar-refractivity contribution >= 4 is 35.1 Å². The minimum Gasteiger partial charge on any atom is -0.444 e. The Morgan fingerprint density at radius 2 is 1.67 bits per heavy atom. The first-order valence-corrected chi connectivity index (χ1v) is 11.4. The SMILES string of the molecule is CC(C)(C)OC(=O)N1CCN(c2cnc(-c3ccc(Cl)cc3)c(-c3ccncc3Cl)n2)CC1. The number of piperazine rings is 1. The van der Waals surface area contributed by atoms with Crippen LogP contribution in [0.25, 0.3) is 22.5 Å². The van der Waals surface area contributed by atoms with Crippen molar-refractivity contribution in [2.75, 3.05) is 31.1 Å². The highest BCUT2D eigenvalue weighted by molar-refractivity contribution is 6.33. The predicted octanol–water partition coefficient (Wildman–Crippen LogP) is 5.57. The summed E-state index contributed by atoms with van der Waals surface area (Å²) in [5, 5.41) is 1.14. The van der Waals surface area contributed by atoms with Gasteiger partial charge in [0.05, 0.1) is 16.9 Å². The molecule has 9 heteroatoms. The maximum absolute atomic E-state index is 12.4. The fourth-order valence-corrected chi connectivity index (χ4v) is 3.89. The van der Waals surface area contributed by atoms with E-state index in [-0.39, 0.29) is 6.09 Å². The average molecular weight is 486 g/mol. The van der Waals surface area contributed by atoms with Crippen LogP contribution in [0.4, 0.5) is 10.6 Å². The first kappa shape index (κ1) is 23.3. The molecule has 2 aromatic heterocycles. The van der Waals surface area contributed by atoms with Crippen LogP contribution in [0.15, 0.2) is 48.9 Å². The Morgan fingerprint density at radius 1 is 0.970 bits per heavy atom. The summed E-state index contributed by atoms with van der Waals surface area (Å²) >= 11 is 12.5. The second-order valence-corrected chi connectivity index (χ2v) is 9.59. The number of hydrogen-bond acceptors (Lipinski definition) is 6. The molecule has 1 fully saturated rings. The van der Waals surface area contributed by atoms with E-state index in [4.69, 9.17) is 37.9 Å². The van der Waals surface area contributed by atoms with E-state index >= 15 is 0 Å². The second-order valence-electron chi connectivity index (χ2n) is 8.74. The van der Waals surface area contributed by atoms with Crippen LogP contribution in [0.2, 0.25) is 10.0 Å². The number of halogens is 2. The Hall–Kier alpha value is -2.90. The van der Waals surface area contributed by atoms with E-state index in [0.29, 0.717) is 47.6 Å². The zero-order valence-electron chi connectivity index (χ0n) is 18.8. The van der Waals surface area contributed by atoms with Crippen LogP contribution >= 0.6 is 23.2 Å². The molecule has 0 spiro atoms. The van der Waals surface area contributed by atoms with Gasteiger partial charge in [0.15, 0.2) is 0 Å². The third-order valence-corrected chi connectivity index (χ3v) is 5.71. The van der Waals surface area contributed by atoms with Crippen LogP contribution in [0.5, 0.6) is 0 Å². The fraction of sp³-hybridized carbons (Fsp3) is 0.333. The number of carbonyl (C=O) groups is 1. The standard InChI is InChI=1S/C24H25Cl2N5O2/c1-24(2,3)33-23(32)31-12-10-30(11-13-31)20-15-28-21(16-4-6-17(25)7-5-16)22(29-20)18-8-9-27-14-19(18)26/h4-9,14-15H,10-13H2,1-3H3. The molecule has 3 aromatic rings. The number of pyridine rings is 1. The second kappa shape index (κ2) is 9.53. The van der Waals surface area contributed by atoms with Gasteiger partial charge in [-0.05, 0) is 39.0 Å². The van der Waals surface area contributed by atoms with Crippen LogP contribution < -0.4 is 4.90 Å². The lowest BCUT2D eigenvalue weighted by molar-refractivity contribution is 0.0240. The zero-order chi connectivity index (χ0) is 23.6. The van der Waals surface area contributed by atoms with Gasteiger partial charge in [-0.1, -0.05) is 35.3 Å². The van der Waals surface area contributed by atoms with Gasteiger partial charge in [0, 0.05) is 54.7 Å². The van der Waals surface area contributed by atoms with Crippen molar-refractivity contribution < 1.29 is 9.53 Å². The van der Waals surface area contributed by atoms with Crippen LogP contribution in [-0.4, -0.2) is 57.7 Å². The van der Waals surface area contributed by atoms with Crippen molar-refractivity contribution in [3.63, 3.8) is 0 Å². The Bertz CT molecular complexity index is 1140. The van der Waals surface area contributed by atoms with Crippen molar-refractivity contribution in [1.82, 2.24) is 19.9 Å². The largest absolute Gasteiger partial charge is 0.444 e. The van der Waals surface area contributed by atoms with Crippen molar-refractivity contribution in [1.29, 1.82) is 0 Å². The number of nitrogens with zero attached hydrogens (tertiary/aromatic N) is 5. The smallest absolute Gasteiger partial charge is 0.410 e. The lowest BCUT2D eigenvalue weighted by Gasteiger charge is -2.36. The molecule has 7 nitrogen and oxygen atoms in total. The van der Waals surface area contributed by atoms with Gasteiger partial charge in [-0.25, -0.2) is 9.78 Å². The zero-order valence-corrected chi connectivity index (χ0v) is 20.3. The molecular weight excluding hydrogens is 461 g/mol. The number of benzene rings is 1. The van der Waals surface area contributed by atoms with Gasteiger partial charge in [-0.2, -0.15) is 0 Å². The third kappa shape index (κ3) is 5.54. The molecule has 1 aromatic carbocycles. The number of carbonyl (C=O) groups excluding carboxylic acids is 1. The van der Waals surface area contributed by atoms with Crippen molar-refractivity contribution in [2.45, 2.75) is 26.4 Å². The van der Waals surface area contributed by atoms with E-state index in [9.17, 15) is 4.79 Å². The monoisotopic (exact) mass is 485 g/mol. The molecule has 4 rings (SSSR count). The molecule has 172 valence electrons. The predicted molar refractivity (Wildman–Crippen MR) is 131 cm³/mol. The molecular formula is C24H25Cl2N5O2. The first-order valence-electron chi connectivity index (χ1n) is 10.7. The highest BCUT2D eigenvalue weighted by Gasteiger charge is 2.27. The lowest BCUT2D eigenvalue weighted by Crippen LogP contribution is -2.50. The normalized spacial score (nSPS) is 14.3. The fourth-order valence-electron chi connectivity index (χ4n) is 3.55. The highest BCUT2D eigenvalue weighted by atomic mass is 35.5. The lowest BCUT2D eigenvalue weighted by atomic mass is 10.0. The van der Waals surface area contributed by atoms with E-state index in [2.05, 4.69) is 9.88 Å². The molecule has 3 heterocycles. The summed E-state index contributed by atoms with van der Waals surface area (Å²) < 4.78 is 5.49. The van der Waals surface area contributed by atoms with E-state index in [1.165, 1.54) is 0 Å². The Kier molecular flexibility index (Phi) is 6.72. The molecule has 0 radical (unpaired) electrons. The molecule has 1 aliphatic heterocycles. The van der Waals surface area contributed by atoms with Crippen molar-refractivity contribution in [2.24, 2.45) is 0 Å². The number of aromatic nitrogens is 3.